The molecule has 1 aromatic heterocycles. The van der Waals surface area contributed by atoms with E-state index in [0.29, 0.717) is 6.04 Å². The van der Waals surface area contributed by atoms with Gasteiger partial charge in [0, 0.05) is 38.9 Å². The number of fused-ring (bicyclic) bond motifs is 1. The summed E-state index contributed by atoms with van der Waals surface area (Å²) < 4.78 is 2.11. The van der Waals surface area contributed by atoms with Crippen LogP contribution in [0.4, 0.5) is 0 Å². The zero-order valence-corrected chi connectivity index (χ0v) is 10.5. The Morgan fingerprint density at radius 1 is 1.41 bits per heavy atom. The maximum Gasteiger partial charge on any atom is 0.0945 e. The summed E-state index contributed by atoms with van der Waals surface area (Å²) >= 11 is 0. The lowest BCUT2D eigenvalue weighted by atomic mass is 9.78. The van der Waals surface area contributed by atoms with Crippen molar-refractivity contribution < 1.29 is 0 Å². The molecule has 2 aliphatic rings. The van der Waals surface area contributed by atoms with Crippen LogP contribution in [-0.2, 0) is 13.6 Å². The van der Waals surface area contributed by atoms with Crippen molar-refractivity contribution in [2.45, 2.75) is 31.8 Å². The van der Waals surface area contributed by atoms with Crippen molar-refractivity contribution in [2.75, 3.05) is 13.1 Å². The average Bonchev–Trinajstić information content (AvgIpc) is 2.87. The molecule has 2 heterocycles. The molecule has 1 aliphatic carbocycles. The van der Waals surface area contributed by atoms with Crippen LogP contribution in [0.25, 0.3) is 0 Å². The fourth-order valence-corrected chi connectivity index (χ4v) is 3.50. The van der Waals surface area contributed by atoms with Crippen molar-refractivity contribution in [3.8, 4) is 0 Å². The second-order valence-electron chi connectivity index (χ2n) is 5.71. The van der Waals surface area contributed by atoms with Crippen LogP contribution in [0.1, 0.15) is 25.0 Å². The molecule has 3 atom stereocenters. The van der Waals surface area contributed by atoms with Gasteiger partial charge in [0.25, 0.3) is 0 Å². The van der Waals surface area contributed by atoms with Gasteiger partial charge >= 0.3 is 0 Å². The highest BCUT2D eigenvalue weighted by molar-refractivity contribution is 5.00. The molecule has 4 nitrogen and oxygen atoms in total. The number of rotatable bonds is 2. The molecular formula is C13H22N4. The van der Waals surface area contributed by atoms with Crippen molar-refractivity contribution in [3.05, 3.63) is 18.2 Å². The summed E-state index contributed by atoms with van der Waals surface area (Å²) in [7, 11) is 2.07. The Hall–Kier alpha value is -0.870. The van der Waals surface area contributed by atoms with Crippen molar-refractivity contribution in [1.29, 1.82) is 0 Å². The molecule has 2 fully saturated rings. The van der Waals surface area contributed by atoms with E-state index in [1.807, 2.05) is 12.5 Å². The van der Waals surface area contributed by atoms with E-state index < -0.39 is 0 Å². The third-order valence-corrected chi connectivity index (χ3v) is 4.53. The first kappa shape index (κ1) is 11.2. The van der Waals surface area contributed by atoms with E-state index in [1.165, 1.54) is 38.0 Å². The minimum absolute atomic E-state index is 0.435. The largest absolute Gasteiger partial charge is 0.337 e. The monoisotopic (exact) mass is 234 g/mol. The fourth-order valence-electron chi connectivity index (χ4n) is 3.50. The van der Waals surface area contributed by atoms with E-state index in [-0.39, 0.29) is 0 Å². The predicted octanol–water partition coefficient (Wildman–Crippen LogP) is 0.979. The second kappa shape index (κ2) is 4.42. The number of hydrogen-bond acceptors (Lipinski definition) is 3. The molecule has 1 aromatic rings. The van der Waals surface area contributed by atoms with Gasteiger partial charge in [-0.3, -0.25) is 4.90 Å². The van der Waals surface area contributed by atoms with Crippen molar-refractivity contribution >= 4 is 0 Å². The first-order chi connectivity index (χ1) is 8.24. The average molecular weight is 234 g/mol. The first-order valence-corrected chi connectivity index (χ1v) is 6.67. The summed E-state index contributed by atoms with van der Waals surface area (Å²) in [6.45, 7) is 3.43. The Bertz CT molecular complexity index is 387. The molecule has 3 rings (SSSR count). The van der Waals surface area contributed by atoms with E-state index in [0.717, 1.165) is 18.4 Å². The molecule has 0 radical (unpaired) electrons. The third-order valence-electron chi connectivity index (χ3n) is 4.53. The normalized spacial score (nSPS) is 33.9. The van der Waals surface area contributed by atoms with Crippen LogP contribution in [-0.4, -0.2) is 33.6 Å². The van der Waals surface area contributed by atoms with Gasteiger partial charge in [0.15, 0.2) is 0 Å². The molecule has 4 heteroatoms. The fraction of sp³-hybridized carbons (Fsp3) is 0.769. The number of aryl methyl sites for hydroxylation is 1. The van der Waals surface area contributed by atoms with Crippen molar-refractivity contribution in [1.82, 2.24) is 14.5 Å². The van der Waals surface area contributed by atoms with Crippen LogP contribution in [0.5, 0.6) is 0 Å². The molecule has 0 amide bonds. The van der Waals surface area contributed by atoms with E-state index in [4.69, 9.17) is 5.73 Å². The van der Waals surface area contributed by atoms with Gasteiger partial charge in [-0.05, 0) is 24.7 Å². The lowest BCUT2D eigenvalue weighted by Crippen LogP contribution is -2.38. The van der Waals surface area contributed by atoms with Gasteiger partial charge in [-0.1, -0.05) is 6.42 Å². The minimum Gasteiger partial charge on any atom is -0.337 e. The van der Waals surface area contributed by atoms with Gasteiger partial charge in [-0.25, -0.2) is 4.98 Å². The topological polar surface area (TPSA) is 47.1 Å². The number of imidazole rings is 1. The third kappa shape index (κ3) is 2.11. The number of nitrogens with zero attached hydrogens (tertiary/aromatic N) is 3. The maximum atomic E-state index is 6.24. The molecule has 94 valence electrons. The van der Waals surface area contributed by atoms with Crippen LogP contribution in [0, 0.1) is 11.8 Å². The van der Waals surface area contributed by atoms with Gasteiger partial charge in [0.2, 0.25) is 0 Å². The zero-order valence-electron chi connectivity index (χ0n) is 10.5. The van der Waals surface area contributed by atoms with Gasteiger partial charge in [0.1, 0.15) is 0 Å². The molecule has 3 unspecified atom stereocenters. The standard InChI is InChI=1S/C13H22N4/c1-16-9-15-5-11(16)7-17-6-10-3-2-4-13(14)12(10)8-17/h5,9-10,12-13H,2-4,6-8,14H2,1H3. The maximum absolute atomic E-state index is 6.24. The summed E-state index contributed by atoms with van der Waals surface area (Å²) in [5.74, 6) is 1.57. The quantitative estimate of drug-likeness (QED) is 0.830. The number of aromatic nitrogens is 2. The van der Waals surface area contributed by atoms with Crippen LogP contribution in [0.3, 0.4) is 0 Å². The highest BCUT2D eigenvalue weighted by Gasteiger charge is 2.38. The van der Waals surface area contributed by atoms with E-state index in [1.54, 1.807) is 0 Å². The van der Waals surface area contributed by atoms with Crippen molar-refractivity contribution in [2.24, 2.45) is 24.6 Å². The molecule has 2 N–H and O–H groups in total. The van der Waals surface area contributed by atoms with E-state index in [9.17, 15) is 0 Å². The lowest BCUT2D eigenvalue weighted by molar-refractivity contribution is 0.259. The van der Waals surface area contributed by atoms with Crippen LogP contribution < -0.4 is 5.73 Å². The van der Waals surface area contributed by atoms with Gasteiger partial charge in [-0.2, -0.15) is 0 Å². The number of nitrogens with two attached hydrogens (primary N) is 1. The molecular weight excluding hydrogens is 212 g/mol. The van der Waals surface area contributed by atoms with Gasteiger partial charge in [0.05, 0.1) is 12.0 Å². The predicted molar refractivity (Wildman–Crippen MR) is 67.3 cm³/mol. The molecule has 1 saturated heterocycles. The Morgan fingerprint density at radius 3 is 3.00 bits per heavy atom. The highest BCUT2D eigenvalue weighted by atomic mass is 15.2. The molecule has 0 spiro atoms. The van der Waals surface area contributed by atoms with Gasteiger partial charge < -0.3 is 10.3 Å². The first-order valence-electron chi connectivity index (χ1n) is 6.67. The summed E-state index contributed by atoms with van der Waals surface area (Å²) in [5, 5.41) is 0. The van der Waals surface area contributed by atoms with Crippen LogP contribution in [0.2, 0.25) is 0 Å². The Labute approximate surface area is 103 Å². The smallest absolute Gasteiger partial charge is 0.0945 e. The SMILES string of the molecule is Cn1cncc1CN1CC2CCCC(N)C2C1. The number of hydrogen-bond donors (Lipinski definition) is 1. The van der Waals surface area contributed by atoms with Crippen LogP contribution >= 0.6 is 0 Å². The van der Waals surface area contributed by atoms with E-state index >= 15 is 0 Å². The highest BCUT2D eigenvalue weighted by Crippen LogP contribution is 2.35. The molecule has 0 bridgehead atoms. The summed E-state index contributed by atoms with van der Waals surface area (Å²) in [5.41, 5.74) is 7.54. The molecule has 0 aromatic carbocycles. The molecule has 1 aliphatic heterocycles. The molecule has 17 heavy (non-hydrogen) atoms. The summed E-state index contributed by atoms with van der Waals surface area (Å²) in [6.07, 6.45) is 7.77. The van der Waals surface area contributed by atoms with E-state index in [2.05, 4.69) is 21.5 Å². The van der Waals surface area contributed by atoms with Crippen LogP contribution in [0.15, 0.2) is 12.5 Å². The summed E-state index contributed by atoms with van der Waals surface area (Å²) in [6, 6.07) is 0.435. The second-order valence-corrected chi connectivity index (χ2v) is 5.71. The Balaban J connectivity index is 1.65. The van der Waals surface area contributed by atoms with Crippen molar-refractivity contribution in [3.63, 3.8) is 0 Å². The number of likely N-dealkylation sites (tertiary alicyclic amines) is 1. The minimum atomic E-state index is 0.435. The summed E-state index contributed by atoms with van der Waals surface area (Å²) in [4.78, 5) is 6.73. The van der Waals surface area contributed by atoms with Gasteiger partial charge in [-0.15, -0.1) is 0 Å². The molecule has 1 saturated carbocycles. The Morgan fingerprint density at radius 2 is 2.29 bits per heavy atom. The Kier molecular flexibility index (Phi) is 2.92. The zero-order chi connectivity index (χ0) is 11.8. The lowest BCUT2D eigenvalue weighted by Gasteiger charge is -2.29.